The number of sulfonamides is 1. The lowest BCUT2D eigenvalue weighted by Crippen LogP contribution is -2.25. The smallest absolute Gasteiger partial charge is 0.258 e. The highest BCUT2D eigenvalue weighted by atomic mass is 35.7. The van der Waals surface area contributed by atoms with Crippen molar-refractivity contribution in [2.24, 2.45) is 0 Å². The summed E-state index contributed by atoms with van der Waals surface area (Å²) in [5.41, 5.74) is 0.198. The maximum atomic E-state index is 12.0. The third-order valence-corrected chi connectivity index (χ3v) is 8.15. The van der Waals surface area contributed by atoms with Crippen LogP contribution in [0.5, 0.6) is 0 Å². The van der Waals surface area contributed by atoms with E-state index in [0.29, 0.717) is 12.8 Å². The zero-order valence-corrected chi connectivity index (χ0v) is 13.3. The van der Waals surface area contributed by atoms with Gasteiger partial charge in [0.2, 0.25) is 10.0 Å². The second-order valence-corrected chi connectivity index (χ2v) is 10.1. The molecule has 1 aromatic heterocycles. The summed E-state index contributed by atoms with van der Waals surface area (Å²) in [7, 11) is -2.15. The molecule has 0 saturated heterocycles. The largest absolute Gasteiger partial charge is 0.272 e. The molecule has 0 aromatic carbocycles. The molecular formula is C9H13ClN2O4S3. The third-order valence-electron chi connectivity index (χ3n) is 2.95. The van der Waals surface area contributed by atoms with E-state index in [1.165, 1.54) is 6.92 Å². The summed E-state index contributed by atoms with van der Waals surface area (Å²) in [6.45, 7) is 1.47. The van der Waals surface area contributed by atoms with Crippen molar-refractivity contribution in [2.45, 2.75) is 42.1 Å². The van der Waals surface area contributed by atoms with Gasteiger partial charge in [-0.05, 0) is 19.8 Å². The molecule has 108 valence electrons. The minimum atomic E-state index is -3.89. The number of nitrogens with one attached hydrogen (secondary N) is 1. The minimum Gasteiger partial charge on any atom is -0.258 e. The van der Waals surface area contributed by atoms with Crippen LogP contribution in [-0.4, -0.2) is 27.1 Å². The summed E-state index contributed by atoms with van der Waals surface area (Å²) < 4.78 is 48.8. The molecule has 10 heteroatoms. The zero-order chi connectivity index (χ0) is 14.3. The van der Waals surface area contributed by atoms with Crippen LogP contribution in [0.25, 0.3) is 0 Å². The fourth-order valence-corrected chi connectivity index (χ4v) is 6.18. The van der Waals surface area contributed by atoms with Crippen molar-refractivity contribution in [3.8, 4) is 0 Å². The fraction of sp³-hybridized carbons (Fsp3) is 0.667. The number of aromatic nitrogens is 1. The number of rotatable bonds is 4. The summed E-state index contributed by atoms with van der Waals surface area (Å²) in [6.07, 6.45) is 3.04. The molecule has 0 spiro atoms. The van der Waals surface area contributed by atoms with Crippen LogP contribution in [0.15, 0.2) is 4.21 Å². The first kappa shape index (κ1) is 15.0. The molecule has 0 aliphatic heterocycles. The Hall–Kier alpha value is -0.380. The molecule has 1 N–H and O–H groups in total. The van der Waals surface area contributed by atoms with Gasteiger partial charge in [0.15, 0.2) is 9.34 Å². The lowest BCUT2D eigenvalue weighted by Gasteiger charge is -2.10. The van der Waals surface area contributed by atoms with Gasteiger partial charge in [-0.2, -0.15) is 0 Å². The molecule has 0 bridgehead atoms. The number of halogens is 1. The Morgan fingerprint density at radius 3 is 2.32 bits per heavy atom. The van der Waals surface area contributed by atoms with E-state index in [1.807, 2.05) is 0 Å². The standard InChI is InChI=1S/C9H13ClN2O4S3/c1-6-8(18(10,13)14)17-9(11-6)12-19(15,16)7-4-2-3-5-7/h7H,2-5H2,1H3,(H,11,12). The Morgan fingerprint density at radius 1 is 1.26 bits per heavy atom. The Morgan fingerprint density at radius 2 is 1.84 bits per heavy atom. The second kappa shape index (κ2) is 5.19. The third kappa shape index (κ3) is 3.39. The molecule has 1 aliphatic carbocycles. The SMILES string of the molecule is Cc1nc(NS(=O)(=O)C2CCCC2)sc1S(=O)(=O)Cl. The lowest BCUT2D eigenvalue weighted by molar-refractivity contribution is 0.585. The monoisotopic (exact) mass is 344 g/mol. The van der Waals surface area contributed by atoms with Crippen LogP contribution < -0.4 is 4.72 Å². The van der Waals surface area contributed by atoms with Crippen molar-refractivity contribution in [1.82, 2.24) is 4.98 Å². The predicted octanol–water partition coefficient (Wildman–Crippen LogP) is 2.06. The van der Waals surface area contributed by atoms with E-state index in [9.17, 15) is 16.8 Å². The molecule has 0 amide bonds. The van der Waals surface area contributed by atoms with Crippen LogP contribution in [0, 0.1) is 6.92 Å². The van der Waals surface area contributed by atoms with Crippen molar-refractivity contribution in [1.29, 1.82) is 0 Å². The zero-order valence-electron chi connectivity index (χ0n) is 10.1. The minimum absolute atomic E-state index is 0.0450. The molecule has 0 unspecified atom stereocenters. The molecule has 1 heterocycles. The van der Waals surface area contributed by atoms with E-state index >= 15 is 0 Å². The van der Waals surface area contributed by atoms with Crippen molar-refractivity contribution in [2.75, 3.05) is 4.72 Å². The second-order valence-electron chi connectivity index (χ2n) is 4.38. The van der Waals surface area contributed by atoms with E-state index in [1.54, 1.807) is 0 Å². The van der Waals surface area contributed by atoms with E-state index in [4.69, 9.17) is 10.7 Å². The van der Waals surface area contributed by atoms with Crippen molar-refractivity contribution in [3.05, 3.63) is 5.69 Å². The molecule has 19 heavy (non-hydrogen) atoms. The fourth-order valence-electron chi connectivity index (χ4n) is 2.06. The number of nitrogens with zero attached hydrogens (tertiary/aromatic N) is 1. The van der Waals surface area contributed by atoms with Gasteiger partial charge in [0.1, 0.15) is 0 Å². The van der Waals surface area contributed by atoms with Crippen molar-refractivity contribution >= 4 is 46.2 Å². The Kier molecular flexibility index (Phi) is 4.10. The van der Waals surface area contributed by atoms with Gasteiger partial charge in [0, 0.05) is 10.7 Å². The van der Waals surface area contributed by atoms with Gasteiger partial charge in [0.25, 0.3) is 9.05 Å². The van der Waals surface area contributed by atoms with Crippen LogP contribution in [0.2, 0.25) is 0 Å². The van der Waals surface area contributed by atoms with E-state index in [-0.39, 0.29) is 15.0 Å². The van der Waals surface area contributed by atoms with Gasteiger partial charge in [-0.25, -0.2) is 21.8 Å². The number of aryl methyl sites for hydroxylation is 1. The highest BCUT2D eigenvalue weighted by Gasteiger charge is 2.30. The average molecular weight is 345 g/mol. The molecule has 0 radical (unpaired) electrons. The first-order chi connectivity index (χ1) is 8.70. The van der Waals surface area contributed by atoms with E-state index in [0.717, 1.165) is 24.2 Å². The van der Waals surface area contributed by atoms with Gasteiger partial charge in [-0.1, -0.05) is 24.2 Å². The number of hydrogen-bond donors (Lipinski definition) is 1. The summed E-state index contributed by atoms with van der Waals surface area (Å²) in [6, 6.07) is 0. The lowest BCUT2D eigenvalue weighted by atomic mass is 10.4. The van der Waals surface area contributed by atoms with Gasteiger partial charge in [0.05, 0.1) is 10.9 Å². The number of anilines is 1. The average Bonchev–Trinajstić information content (AvgIpc) is 2.85. The summed E-state index contributed by atoms with van der Waals surface area (Å²) >= 11 is 0.731. The number of thiazole rings is 1. The predicted molar refractivity (Wildman–Crippen MR) is 74.7 cm³/mol. The van der Waals surface area contributed by atoms with Gasteiger partial charge < -0.3 is 0 Å². The summed E-state index contributed by atoms with van der Waals surface area (Å²) in [4.78, 5) is 3.90. The Balaban J connectivity index is 2.25. The molecule has 6 nitrogen and oxygen atoms in total. The molecule has 1 fully saturated rings. The van der Waals surface area contributed by atoms with Gasteiger partial charge in [-0.15, -0.1) is 0 Å². The van der Waals surface area contributed by atoms with Crippen LogP contribution in [0.4, 0.5) is 5.13 Å². The van der Waals surface area contributed by atoms with Crippen LogP contribution in [-0.2, 0) is 19.1 Å². The molecule has 1 aliphatic rings. The van der Waals surface area contributed by atoms with Crippen molar-refractivity contribution in [3.63, 3.8) is 0 Å². The van der Waals surface area contributed by atoms with E-state index < -0.39 is 24.3 Å². The quantitative estimate of drug-likeness (QED) is 0.844. The maximum Gasteiger partial charge on any atom is 0.272 e. The maximum absolute atomic E-state index is 12.0. The summed E-state index contributed by atoms with van der Waals surface area (Å²) in [5, 5.41) is -0.378. The topological polar surface area (TPSA) is 93.2 Å². The van der Waals surface area contributed by atoms with Crippen LogP contribution in [0.3, 0.4) is 0 Å². The molecule has 1 aromatic rings. The van der Waals surface area contributed by atoms with Crippen LogP contribution in [0.1, 0.15) is 31.4 Å². The molecule has 2 rings (SSSR count). The Bertz CT molecular complexity index is 674. The van der Waals surface area contributed by atoms with E-state index in [2.05, 4.69) is 9.71 Å². The van der Waals surface area contributed by atoms with Crippen molar-refractivity contribution < 1.29 is 16.8 Å². The molecule has 0 atom stereocenters. The molecule has 1 saturated carbocycles. The number of hydrogen-bond acceptors (Lipinski definition) is 6. The highest BCUT2D eigenvalue weighted by Crippen LogP contribution is 2.32. The van der Waals surface area contributed by atoms with Crippen LogP contribution >= 0.6 is 22.0 Å². The molecular weight excluding hydrogens is 332 g/mol. The first-order valence-corrected chi connectivity index (χ1v) is 10.3. The van der Waals surface area contributed by atoms with Gasteiger partial charge >= 0.3 is 0 Å². The normalized spacial score (nSPS) is 17.8. The Labute approximate surface area is 120 Å². The van der Waals surface area contributed by atoms with Gasteiger partial charge in [-0.3, -0.25) is 4.72 Å². The summed E-state index contributed by atoms with van der Waals surface area (Å²) in [5.74, 6) is 0. The first-order valence-electron chi connectivity index (χ1n) is 5.64. The highest BCUT2D eigenvalue weighted by molar-refractivity contribution is 8.15.